The molecule has 0 N–H and O–H groups in total. The van der Waals surface area contributed by atoms with Gasteiger partial charge >= 0.3 is 0 Å². The van der Waals surface area contributed by atoms with Crippen molar-refractivity contribution in [2.75, 3.05) is 7.11 Å². The molecule has 5 rings (SSSR count). The van der Waals surface area contributed by atoms with Gasteiger partial charge in [0.1, 0.15) is 24.1 Å². The number of hydrogen-bond donors (Lipinski definition) is 0. The smallest absolute Gasteiger partial charge is 0.293 e. The van der Waals surface area contributed by atoms with Crippen LogP contribution in [0.1, 0.15) is 5.89 Å². The van der Waals surface area contributed by atoms with Crippen LogP contribution in [0.5, 0.6) is 5.75 Å². The summed E-state index contributed by atoms with van der Waals surface area (Å²) in [5.74, 6) is 1.46. The van der Waals surface area contributed by atoms with E-state index < -0.39 is 0 Å². The van der Waals surface area contributed by atoms with Gasteiger partial charge < -0.3 is 9.26 Å². The van der Waals surface area contributed by atoms with E-state index in [0.717, 1.165) is 21.3 Å². The highest BCUT2D eigenvalue weighted by Gasteiger charge is 2.15. The number of hydrogen-bond acceptors (Lipinski definition) is 7. The standard InChI is InChI=1S/C21H15BrN6O3/c1-30-14-8-6-13(7-9-14)17-10-18-21(29)27(23-12-28(18)25-17)11-19-24-20(26-31-19)15-4-2-3-5-16(15)22/h2-10,12H,11H2,1H3. The van der Waals surface area contributed by atoms with E-state index >= 15 is 0 Å². The van der Waals surface area contributed by atoms with E-state index in [1.807, 2.05) is 48.5 Å². The number of halogens is 1. The van der Waals surface area contributed by atoms with Gasteiger partial charge in [0.2, 0.25) is 11.7 Å². The molecule has 9 nitrogen and oxygen atoms in total. The van der Waals surface area contributed by atoms with Crippen molar-refractivity contribution in [3.8, 4) is 28.4 Å². The van der Waals surface area contributed by atoms with Gasteiger partial charge in [0, 0.05) is 15.6 Å². The van der Waals surface area contributed by atoms with E-state index in [1.165, 1.54) is 15.5 Å². The molecule has 0 spiro atoms. The molecule has 3 aromatic heterocycles. The van der Waals surface area contributed by atoms with Crippen LogP contribution < -0.4 is 10.3 Å². The average Bonchev–Trinajstić information content (AvgIpc) is 3.44. The molecule has 0 aliphatic rings. The summed E-state index contributed by atoms with van der Waals surface area (Å²) in [6, 6.07) is 16.7. The molecule has 0 radical (unpaired) electrons. The third-order valence-corrected chi connectivity index (χ3v) is 5.43. The highest BCUT2D eigenvalue weighted by Crippen LogP contribution is 2.25. The Hall–Kier alpha value is -3.79. The van der Waals surface area contributed by atoms with E-state index in [2.05, 4.69) is 36.3 Å². The number of benzene rings is 2. The van der Waals surface area contributed by atoms with Crippen LogP contribution in [0.25, 0.3) is 28.2 Å². The summed E-state index contributed by atoms with van der Waals surface area (Å²) in [5, 5.41) is 12.6. The first kappa shape index (κ1) is 19.2. The van der Waals surface area contributed by atoms with Crippen molar-refractivity contribution in [1.29, 1.82) is 0 Å². The summed E-state index contributed by atoms with van der Waals surface area (Å²) in [5.41, 5.74) is 2.41. The van der Waals surface area contributed by atoms with Crippen LogP contribution in [0.4, 0.5) is 0 Å². The molecule has 0 saturated heterocycles. The summed E-state index contributed by atoms with van der Waals surface area (Å²) in [4.78, 5) is 17.3. The molecule has 0 unspecified atom stereocenters. The molecule has 5 aromatic rings. The van der Waals surface area contributed by atoms with Crippen molar-refractivity contribution < 1.29 is 9.26 Å². The first-order valence-corrected chi connectivity index (χ1v) is 10.1. The molecular formula is C21H15BrN6O3. The largest absolute Gasteiger partial charge is 0.497 e. The second kappa shape index (κ2) is 7.80. The minimum atomic E-state index is -0.310. The molecular weight excluding hydrogens is 464 g/mol. The van der Waals surface area contributed by atoms with Crippen LogP contribution in [-0.2, 0) is 6.54 Å². The minimum absolute atomic E-state index is 0.0514. The fourth-order valence-electron chi connectivity index (χ4n) is 3.15. The Balaban J connectivity index is 1.45. The maximum Gasteiger partial charge on any atom is 0.293 e. The number of fused-ring (bicyclic) bond motifs is 1. The molecule has 0 amide bonds. The van der Waals surface area contributed by atoms with Gasteiger partial charge in [0.15, 0.2) is 0 Å². The number of nitrogens with zero attached hydrogens (tertiary/aromatic N) is 6. The van der Waals surface area contributed by atoms with Crippen LogP contribution in [0, 0.1) is 0 Å². The normalized spacial score (nSPS) is 11.2. The lowest BCUT2D eigenvalue weighted by Gasteiger charge is -2.00. The Labute approximate surface area is 184 Å². The number of ether oxygens (including phenoxy) is 1. The molecule has 0 bridgehead atoms. The Kier molecular flexibility index (Phi) is 4.83. The second-order valence-corrected chi connectivity index (χ2v) is 7.53. The molecule has 0 saturated carbocycles. The third-order valence-electron chi connectivity index (χ3n) is 4.74. The predicted octanol–water partition coefficient (Wildman–Crippen LogP) is 3.43. The van der Waals surface area contributed by atoms with E-state index in [4.69, 9.17) is 9.26 Å². The lowest BCUT2D eigenvalue weighted by molar-refractivity contribution is 0.362. The Morgan fingerprint density at radius 3 is 2.71 bits per heavy atom. The van der Waals surface area contributed by atoms with Gasteiger partial charge in [-0.25, -0.2) is 9.20 Å². The molecule has 3 heterocycles. The molecule has 154 valence electrons. The van der Waals surface area contributed by atoms with Crippen molar-refractivity contribution in [3.63, 3.8) is 0 Å². The van der Waals surface area contributed by atoms with Crippen LogP contribution in [0.15, 0.2) is 74.7 Å². The molecule has 0 aliphatic carbocycles. The van der Waals surface area contributed by atoms with E-state index in [1.54, 1.807) is 13.2 Å². The molecule has 0 aliphatic heterocycles. The molecule has 0 atom stereocenters. The fourth-order valence-corrected chi connectivity index (χ4v) is 3.61. The zero-order valence-corrected chi connectivity index (χ0v) is 17.9. The Morgan fingerprint density at radius 2 is 1.94 bits per heavy atom. The lowest BCUT2D eigenvalue weighted by Crippen LogP contribution is -2.25. The molecule has 0 fully saturated rings. The molecule has 10 heteroatoms. The first-order chi connectivity index (χ1) is 15.1. The van der Waals surface area contributed by atoms with Crippen LogP contribution in [0.2, 0.25) is 0 Å². The molecule has 2 aromatic carbocycles. The third kappa shape index (κ3) is 3.61. The van der Waals surface area contributed by atoms with E-state index in [0.29, 0.717) is 17.0 Å². The van der Waals surface area contributed by atoms with Crippen molar-refractivity contribution in [3.05, 3.63) is 81.6 Å². The van der Waals surface area contributed by atoms with E-state index in [-0.39, 0.29) is 18.0 Å². The van der Waals surface area contributed by atoms with Crippen molar-refractivity contribution in [2.45, 2.75) is 6.54 Å². The quantitative estimate of drug-likeness (QED) is 0.381. The van der Waals surface area contributed by atoms with Gasteiger partial charge in [-0.2, -0.15) is 15.2 Å². The van der Waals surface area contributed by atoms with Gasteiger partial charge in [0.25, 0.3) is 5.56 Å². The number of rotatable bonds is 5. The maximum atomic E-state index is 12.9. The first-order valence-electron chi connectivity index (χ1n) is 9.30. The summed E-state index contributed by atoms with van der Waals surface area (Å²) in [7, 11) is 1.61. The van der Waals surface area contributed by atoms with Crippen molar-refractivity contribution in [2.24, 2.45) is 0 Å². The zero-order valence-electron chi connectivity index (χ0n) is 16.3. The van der Waals surface area contributed by atoms with Crippen molar-refractivity contribution >= 4 is 21.4 Å². The lowest BCUT2D eigenvalue weighted by atomic mass is 10.1. The van der Waals surface area contributed by atoms with Gasteiger partial charge in [-0.05, 0) is 42.5 Å². The highest BCUT2D eigenvalue weighted by atomic mass is 79.9. The number of methoxy groups -OCH3 is 1. The summed E-state index contributed by atoms with van der Waals surface area (Å²) in [6.45, 7) is 0.0514. The topological polar surface area (TPSA) is 100 Å². The van der Waals surface area contributed by atoms with Gasteiger partial charge in [-0.1, -0.05) is 33.2 Å². The zero-order chi connectivity index (χ0) is 21.4. The summed E-state index contributed by atoms with van der Waals surface area (Å²) in [6.07, 6.45) is 1.48. The van der Waals surface area contributed by atoms with Crippen LogP contribution in [0.3, 0.4) is 0 Å². The van der Waals surface area contributed by atoms with Gasteiger partial charge in [0.05, 0.1) is 12.8 Å². The highest BCUT2D eigenvalue weighted by molar-refractivity contribution is 9.10. The molecule has 31 heavy (non-hydrogen) atoms. The van der Waals surface area contributed by atoms with Gasteiger partial charge in [-0.3, -0.25) is 4.79 Å². The average molecular weight is 479 g/mol. The summed E-state index contributed by atoms with van der Waals surface area (Å²) < 4.78 is 14.1. The Bertz CT molecular complexity index is 1440. The van der Waals surface area contributed by atoms with Crippen molar-refractivity contribution in [1.82, 2.24) is 29.5 Å². The second-order valence-electron chi connectivity index (χ2n) is 6.67. The number of aromatic nitrogens is 6. The van der Waals surface area contributed by atoms with Crippen LogP contribution >= 0.6 is 15.9 Å². The monoisotopic (exact) mass is 478 g/mol. The minimum Gasteiger partial charge on any atom is -0.497 e. The van der Waals surface area contributed by atoms with E-state index in [9.17, 15) is 4.79 Å². The maximum absolute atomic E-state index is 12.9. The summed E-state index contributed by atoms with van der Waals surface area (Å²) >= 11 is 3.47. The van der Waals surface area contributed by atoms with Gasteiger partial charge in [-0.15, -0.1) is 0 Å². The Morgan fingerprint density at radius 1 is 1.13 bits per heavy atom. The predicted molar refractivity (Wildman–Crippen MR) is 116 cm³/mol. The fraction of sp³-hybridized carbons (Fsp3) is 0.0952. The van der Waals surface area contributed by atoms with Crippen LogP contribution in [-0.4, -0.2) is 36.6 Å². The SMILES string of the molecule is COc1ccc(-c2cc3c(=O)n(Cc4nc(-c5ccccc5Br)no4)ncn3n2)cc1.